The van der Waals surface area contributed by atoms with Crippen LogP contribution < -0.4 is 15.2 Å². The second-order valence-electron chi connectivity index (χ2n) is 6.78. The molecule has 0 aliphatic heterocycles. The first-order valence-electron chi connectivity index (χ1n) is 9.63. The van der Waals surface area contributed by atoms with Crippen molar-refractivity contribution in [2.24, 2.45) is 0 Å². The Hall–Kier alpha value is -2.69. The lowest BCUT2D eigenvalue weighted by molar-refractivity contribution is 0.0317. The summed E-state index contributed by atoms with van der Waals surface area (Å²) in [4.78, 5) is 12.3. The minimum absolute atomic E-state index is 0.0454. The van der Waals surface area contributed by atoms with E-state index in [1.165, 1.54) is 0 Å². The Morgan fingerprint density at radius 1 is 0.963 bits per heavy atom. The van der Waals surface area contributed by atoms with Gasteiger partial charge in [0.05, 0.1) is 24.5 Å². The van der Waals surface area contributed by atoms with Gasteiger partial charge in [0.15, 0.2) is 0 Å². The van der Waals surface area contributed by atoms with Crippen LogP contribution in [0.25, 0.3) is 0 Å². The van der Waals surface area contributed by atoms with Crippen LogP contribution >= 0.6 is 0 Å². The topological polar surface area (TPSA) is 70.8 Å². The minimum Gasteiger partial charge on any atom is -0.494 e. The normalized spacial score (nSPS) is 14.1. The molecule has 5 heteroatoms. The molecule has 2 N–H and O–H groups in total. The van der Waals surface area contributed by atoms with E-state index in [0.717, 1.165) is 44.3 Å². The van der Waals surface area contributed by atoms with Gasteiger partial charge in [0, 0.05) is 0 Å². The Morgan fingerprint density at radius 2 is 1.67 bits per heavy atom. The van der Waals surface area contributed by atoms with Gasteiger partial charge < -0.3 is 19.9 Å². The quantitative estimate of drug-likeness (QED) is 0.397. The van der Waals surface area contributed by atoms with Crippen LogP contribution in [0.5, 0.6) is 11.5 Å². The molecule has 0 amide bonds. The fourth-order valence-electron chi connectivity index (χ4n) is 3.10. The van der Waals surface area contributed by atoms with Crippen LogP contribution in [0.2, 0.25) is 0 Å². The summed E-state index contributed by atoms with van der Waals surface area (Å²) in [5, 5.41) is 0. The van der Waals surface area contributed by atoms with E-state index < -0.39 is 0 Å². The molecule has 0 atom stereocenters. The number of ether oxygens (including phenoxy) is 3. The van der Waals surface area contributed by atoms with Crippen molar-refractivity contribution in [1.29, 1.82) is 0 Å². The van der Waals surface area contributed by atoms with Gasteiger partial charge in [-0.15, -0.1) is 0 Å². The van der Waals surface area contributed by atoms with Crippen LogP contribution in [0.1, 0.15) is 48.9 Å². The number of nitrogen functional groups attached to an aromatic ring is 1. The number of carbonyl (C=O) groups excluding carboxylic acids is 1. The molecule has 1 aliphatic carbocycles. The molecule has 0 heterocycles. The number of esters is 1. The van der Waals surface area contributed by atoms with Crippen molar-refractivity contribution in [2.75, 3.05) is 18.9 Å². The van der Waals surface area contributed by atoms with Crippen molar-refractivity contribution in [3.8, 4) is 11.5 Å². The Morgan fingerprint density at radius 3 is 2.41 bits per heavy atom. The van der Waals surface area contributed by atoms with Crippen LogP contribution in [0, 0.1) is 0 Å². The van der Waals surface area contributed by atoms with E-state index in [2.05, 4.69) is 0 Å². The van der Waals surface area contributed by atoms with Crippen molar-refractivity contribution < 1.29 is 19.0 Å². The van der Waals surface area contributed by atoms with Gasteiger partial charge in [0.2, 0.25) is 0 Å². The van der Waals surface area contributed by atoms with E-state index in [4.69, 9.17) is 19.9 Å². The average Bonchev–Trinajstić information content (AvgIpc) is 3.19. The highest BCUT2D eigenvalue weighted by Crippen LogP contribution is 2.26. The monoisotopic (exact) mass is 369 g/mol. The molecule has 0 aromatic heterocycles. The number of hydrogen-bond acceptors (Lipinski definition) is 5. The van der Waals surface area contributed by atoms with Crippen molar-refractivity contribution in [3.63, 3.8) is 0 Å². The molecule has 0 bridgehead atoms. The fraction of sp³-hybridized carbons (Fsp3) is 0.409. The van der Waals surface area contributed by atoms with Gasteiger partial charge in [-0.25, -0.2) is 4.79 Å². The smallest absolute Gasteiger partial charge is 0.338 e. The van der Waals surface area contributed by atoms with Gasteiger partial charge in [-0.1, -0.05) is 18.2 Å². The number of rotatable bonds is 9. The molecule has 0 saturated heterocycles. The van der Waals surface area contributed by atoms with Crippen molar-refractivity contribution in [3.05, 3.63) is 54.1 Å². The summed E-state index contributed by atoms with van der Waals surface area (Å²) in [5.41, 5.74) is 6.97. The van der Waals surface area contributed by atoms with E-state index in [1.54, 1.807) is 18.2 Å². The molecule has 144 valence electrons. The average molecular weight is 369 g/mol. The molecule has 5 nitrogen and oxygen atoms in total. The highest BCUT2D eigenvalue weighted by molar-refractivity contribution is 5.90. The zero-order valence-corrected chi connectivity index (χ0v) is 15.6. The Balaban J connectivity index is 1.41. The van der Waals surface area contributed by atoms with Gasteiger partial charge >= 0.3 is 5.97 Å². The second kappa shape index (κ2) is 9.86. The van der Waals surface area contributed by atoms with Crippen molar-refractivity contribution in [2.45, 2.75) is 44.6 Å². The zero-order chi connectivity index (χ0) is 18.9. The van der Waals surface area contributed by atoms with E-state index in [1.807, 2.05) is 30.3 Å². The summed E-state index contributed by atoms with van der Waals surface area (Å²) >= 11 is 0. The molecule has 2 aromatic carbocycles. The van der Waals surface area contributed by atoms with E-state index in [0.29, 0.717) is 30.2 Å². The molecule has 2 aromatic rings. The molecule has 1 fully saturated rings. The van der Waals surface area contributed by atoms with Crippen molar-refractivity contribution in [1.82, 2.24) is 0 Å². The van der Waals surface area contributed by atoms with Gasteiger partial charge in [-0.05, 0) is 68.9 Å². The van der Waals surface area contributed by atoms with Crippen LogP contribution in [0.3, 0.4) is 0 Å². The predicted molar refractivity (Wildman–Crippen MR) is 105 cm³/mol. The van der Waals surface area contributed by atoms with E-state index >= 15 is 0 Å². The maximum atomic E-state index is 12.3. The highest BCUT2D eigenvalue weighted by atomic mass is 16.5. The second-order valence-corrected chi connectivity index (χ2v) is 6.78. The molecule has 3 rings (SSSR count). The summed E-state index contributed by atoms with van der Waals surface area (Å²) in [6.07, 6.45) is 5.92. The maximum Gasteiger partial charge on any atom is 0.338 e. The summed E-state index contributed by atoms with van der Waals surface area (Å²) in [6, 6.07) is 14.8. The predicted octanol–water partition coefficient (Wildman–Crippen LogP) is 4.61. The number of benzene rings is 2. The number of anilines is 1. The molecule has 1 saturated carbocycles. The van der Waals surface area contributed by atoms with Gasteiger partial charge in [-0.3, -0.25) is 0 Å². The number of para-hydroxylation sites is 1. The van der Waals surface area contributed by atoms with Gasteiger partial charge in [-0.2, -0.15) is 0 Å². The first kappa shape index (κ1) is 19.1. The molecule has 27 heavy (non-hydrogen) atoms. The third-order valence-electron chi connectivity index (χ3n) is 4.63. The molecule has 0 spiro atoms. The summed E-state index contributed by atoms with van der Waals surface area (Å²) < 4.78 is 17.0. The lowest BCUT2D eigenvalue weighted by atomic mass is 10.2. The largest absolute Gasteiger partial charge is 0.494 e. The molecular formula is C22H27NO4. The van der Waals surface area contributed by atoms with Gasteiger partial charge in [0.1, 0.15) is 17.6 Å². The minimum atomic E-state index is -0.303. The molecule has 0 unspecified atom stereocenters. The number of carbonyl (C=O) groups is 1. The van der Waals surface area contributed by atoms with Crippen molar-refractivity contribution >= 4 is 11.7 Å². The summed E-state index contributed by atoms with van der Waals surface area (Å²) in [5.74, 6) is 1.10. The lowest BCUT2D eigenvalue weighted by Gasteiger charge is -2.13. The highest BCUT2D eigenvalue weighted by Gasteiger charge is 2.20. The third kappa shape index (κ3) is 5.91. The number of nitrogens with two attached hydrogens (primary N) is 1. The molecular weight excluding hydrogens is 342 g/mol. The maximum absolute atomic E-state index is 12.3. The zero-order valence-electron chi connectivity index (χ0n) is 15.6. The molecule has 1 aliphatic rings. The molecule has 0 radical (unpaired) electrons. The Labute approximate surface area is 160 Å². The Kier molecular flexibility index (Phi) is 6.97. The number of unbranched alkanes of at least 4 members (excludes halogenated alkanes) is 1. The van der Waals surface area contributed by atoms with Crippen LogP contribution in [0.15, 0.2) is 48.5 Å². The van der Waals surface area contributed by atoms with Gasteiger partial charge in [0.25, 0.3) is 0 Å². The van der Waals surface area contributed by atoms with E-state index in [-0.39, 0.29) is 12.1 Å². The number of hydrogen-bond donors (Lipinski definition) is 1. The van der Waals surface area contributed by atoms with Crippen LogP contribution in [0.4, 0.5) is 5.69 Å². The first-order chi connectivity index (χ1) is 13.2. The first-order valence-corrected chi connectivity index (χ1v) is 9.63. The fourth-order valence-corrected chi connectivity index (χ4v) is 3.10. The van der Waals surface area contributed by atoms with Crippen LogP contribution in [-0.4, -0.2) is 25.3 Å². The summed E-state index contributed by atoms with van der Waals surface area (Å²) in [6.45, 7) is 1.15. The Bertz CT molecular complexity index is 726. The van der Waals surface area contributed by atoms with E-state index in [9.17, 15) is 4.79 Å². The summed E-state index contributed by atoms with van der Waals surface area (Å²) in [7, 11) is 0. The third-order valence-corrected chi connectivity index (χ3v) is 4.63. The van der Waals surface area contributed by atoms with Crippen LogP contribution in [-0.2, 0) is 4.74 Å². The standard InChI is InChI=1S/C22H27NO4/c23-20-13-12-17(22(24)27-19-10-4-5-11-19)16-21(20)26-15-7-6-14-25-18-8-2-1-3-9-18/h1-3,8-9,12-13,16,19H,4-7,10-11,14-15,23H2. The lowest BCUT2D eigenvalue weighted by Crippen LogP contribution is -2.15. The SMILES string of the molecule is Nc1ccc(C(=O)OC2CCCC2)cc1OCCCCOc1ccccc1.